The average Bonchev–Trinajstić information content (AvgIpc) is 3.77. The van der Waals surface area contributed by atoms with Gasteiger partial charge in [-0.25, -0.2) is 0 Å². The lowest BCUT2D eigenvalue weighted by molar-refractivity contribution is 1.53. The van der Waals surface area contributed by atoms with E-state index in [0.717, 1.165) is 0 Å². The second-order valence-electron chi connectivity index (χ2n) is 10.4. The molecule has 7 rings (SSSR count). The molecule has 0 aliphatic heterocycles. The second kappa shape index (κ2) is 11.6. The molecule has 1 fully saturated rings. The molecule has 0 atom stereocenters. The predicted molar refractivity (Wildman–Crippen MR) is 177 cm³/mol. The standard InChI is InChI=1S/C42H30/c1-7-19-31(20-8-1)37(32-21-9-2-10-22-32)40-41(38(33-23-11-3-12-24-33)34-25-13-4-14-26-34)42(40)39(35-27-15-5-16-28-35)36-29-17-6-18-30-36/h1-30H. The van der Waals surface area contributed by atoms with Crippen molar-refractivity contribution in [3.8, 4) is 0 Å². The molecule has 1 aliphatic rings. The third-order valence-corrected chi connectivity index (χ3v) is 7.81. The zero-order chi connectivity index (χ0) is 28.1. The molecular formula is C42H30. The molecule has 198 valence electrons. The number of hydrogen-bond donors (Lipinski definition) is 0. The Labute approximate surface area is 248 Å². The van der Waals surface area contributed by atoms with E-state index in [4.69, 9.17) is 0 Å². The van der Waals surface area contributed by atoms with Crippen LogP contribution in [0.15, 0.2) is 199 Å². The summed E-state index contributed by atoms with van der Waals surface area (Å²) in [6.45, 7) is 0. The maximum Gasteiger partial charge on any atom is -0.0000936 e. The van der Waals surface area contributed by atoms with Crippen LogP contribution in [0.25, 0.3) is 16.7 Å². The van der Waals surface area contributed by atoms with E-state index in [0.29, 0.717) is 0 Å². The van der Waals surface area contributed by atoms with Crippen LogP contribution in [-0.2, 0) is 0 Å². The second-order valence-corrected chi connectivity index (χ2v) is 10.4. The van der Waals surface area contributed by atoms with Crippen LogP contribution in [0.1, 0.15) is 33.4 Å². The van der Waals surface area contributed by atoms with Crippen molar-refractivity contribution >= 4 is 16.7 Å². The van der Waals surface area contributed by atoms with Crippen molar-refractivity contribution in [3.05, 3.63) is 232 Å². The molecule has 0 spiro atoms. The normalized spacial score (nSPS) is 12.1. The first-order chi connectivity index (χ1) is 20.9. The molecule has 0 amide bonds. The Kier molecular flexibility index (Phi) is 7.02. The minimum Gasteiger partial charge on any atom is -0.0622 e. The van der Waals surface area contributed by atoms with Gasteiger partial charge in [0.2, 0.25) is 0 Å². The van der Waals surface area contributed by atoms with E-state index in [1.807, 2.05) is 0 Å². The van der Waals surface area contributed by atoms with Crippen molar-refractivity contribution in [2.75, 3.05) is 0 Å². The monoisotopic (exact) mass is 534 g/mol. The zero-order valence-electron chi connectivity index (χ0n) is 23.3. The van der Waals surface area contributed by atoms with Gasteiger partial charge in [-0.1, -0.05) is 182 Å². The highest BCUT2D eigenvalue weighted by atomic mass is 14.4. The average molecular weight is 535 g/mol. The van der Waals surface area contributed by atoms with Crippen molar-refractivity contribution < 1.29 is 0 Å². The lowest BCUT2D eigenvalue weighted by Gasteiger charge is -2.09. The maximum absolute atomic E-state index is 2.23. The summed E-state index contributed by atoms with van der Waals surface area (Å²) in [5.41, 5.74) is 15.0. The summed E-state index contributed by atoms with van der Waals surface area (Å²) in [4.78, 5) is 0. The fourth-order valence-electron chi connectivity index (χ4n) is 5.93. The highest BCUT2D eigenvalue weighted by Crippen LogP contribution is 2.59. The zero-order valence-corrected chi connectivity index (χ0v) is 23.3. The number of allylic oxidation sites excluding steroid dienone is 3. The van der Waals surface area contributed by atoms with Gasteiger partial charge in [0, 0.05) is 0 Å². The van der Waals surface area contributed by atoms with E-state index in [-0.39, 0.29) is 0 Å². The van der Waals surface area contributed by atoms with Crippen LogP contribution in [0.4, 0.5) is 0 Å². The van der Waals surface area contributed by atoms with E-state index in [2.05, 4.69) is 182 Å². The van der Waals surface area contributed by atoms with E-state index in [1.54, 1.807) is 0 Å². The van der Waals surface area contributed by atoms with Gasteiger partial charge in [0.1, 0.15) is 0 Å². The molecule has 0 aromatic heterocycles. The molecule has 42 heavy (non-hydrogen) atoms. The van der Waals surface area contributed by atoms with Crippen molar-refractivity contribution in [2.24, 2.45) is 0 Å². The Bertz CT molecular complexity index is 1530. The minimum atomic E-state index is 1.21. The Morgan fingerprint density at radius 1 is 0.190 bits per heavy atom. The quantitative estimate of drug-likeness (QED) is 0.199. The van der Waals surface area contributed by atoms with Gasteiger partial charge in [-0.3, -0.25) is 0 Å². The summed E-state index contributed by atoms with van der Waals surface area (Å²) in [5.74, 6) is 0. The number of hydrogen-bond acceptors (Lipinski definition) is 0. The summed E-state index contributed by atoms with van der Waals surface area (Å²) in [7, 11) is 0. The van der Waals surface area contributed by atoms with E-state index in [1.165, 1.54) is 66.8 Å². The Hall–Kier alpha value is -5.46. The van der Waals surface area contributed by atoms with Gasteiger partial charge in [0.05, 0.1) is 0 Å². The molecule has 0 radical (unpaired) electrons. The van der Waals surface area contributed by atoms with Crippen LogP contribution >= 0.6 is 0 Å². The third-order valence-electron chi connectivity index (χ3n) is 7.81. The van der Waals surface area contributed by atoms with Crippen molar-refractivity contribution in [1.82, 2.24) is 0 Å². The number of rotatable bonds is 6. The maximum atomic E-state index is 2.23. The van der Waals surface area contributed by atoms with Crippen LogP contribution in [0.3, 0.4) is 0 Å². The van der Waals surface area contributed by atoms with Gasteiger partial charge in [-0.05, 0) is 66.8 Å². The van der Waals surface area contributed by atoms with E-state index in [9.17, 15) is 0 Å². The molecule has 0 heteroatoms. The van der Waals surface area contributed by atoms with Gasteiger partial charge in [-0.15, -0.1) is 0 Å². The van der Waals surface area contributed by atoms with Crippen molar-refractivity contribution in [2.45, 2.75) is 0 Å². The summed E-state index contributed by atoms with van der Waals surface area (Å²) in [6, 6.07) is 65.0. The van der Waals surface area contributed by atoms with Crippen LogP contribution in [0, 0.1) is 0 Å². The van der Waals surface area contributed by atoms with Crippen molar-refractivity contribution in [1.29, 1.82) is 0 Å². The molecule has 0 bridgehead atoms. The molecule has 0 N–H and O–H groups in total. The van der Waals surface area contributed by atoms with E-state index < -0.39 is 0 Å². The fourth-order valence-corrected chi connectivity index (χ4v) is 5.93. The highest BCUT2D eigenvalue weighted by Gasteiger charge is 2.41. The molecule has 1 saturated carbocycles. The van der Waals surface area contributed by atoms with Crippen molar-refractivity contribution in [3.63, 3.8) is 0 Å². The molecule has 1 aliphatic carbocycles. The summed E-state index contributed by atoms with van der Waals surface area (Å²) in [5, 5.41) is 0. The van der Waals surface area contributed by atoms with Gasteiger partial charge < -0.3 is 0 Å². The van der Waals surface area contributed by atoms with Gasteiger partial charge in [0.15, 0.2) is 0 Å². The smallest absolute Gasteiger partial charge is 0.0000936 e. The van der Waals surface area contributed by atoms with Crippen LogP contribution < -0.4 is 0 Å². The lowest BCUT2D eigenvalue weighted by atomic mass is 9.94. The van der Waals surface area contributed by atoms with Crippen LogP contribution in [0.2, 0.25) is 0 Å². The Morgan fingerprint density at radius 2 is 0.333 bits per heavy atom. The lowest BCUT2D eigenvalue weighted by Crippen LogP contribution is -1.89. The number of benzene rings is 6. The largest absolute Gasteiger partial charge is 0.0622 e. The summed E-state index contributed by atoms with van der Waals surface area (Å²) < 4.78 is 0. The van der Waals surface area contributed by atoms with Crippen LogP contribution in [-0.4, -0.2) is 0 Å². The van der Waals surface area contributed by atoms with Crippen LogP contribution in [0.5, 0.6) is 0 Å². The first kappa shape index (κ1) is 25.5. The summed E-state index contributed by atoms with van der Waals surface area (Å²) >= 11 is 0. The molecule has 6 aromatic carbocycles. The Balaban J connectivity index is 1.68. The first-order valence-electron chi connectivity index (χ1n) is 14.5. The SMILES string of the molecule is c1ccc(C(=C2C(=C(c3ccccc3)c3ccccc3)C2=C(c2ccccc2)c2ccccc2)c2ccccc2)cc1. The third kappa shape index (κ3) is 4.96. The first-order valence-corrected chi connectivity index (χ1v) is 14.5. The molecule has 0 heterocycles. The fraction of sp³-hybridized carbons (Fsp3) is 0. The molecular weight excluding hydrogens is 504 g/mol. The Morgan fingerprint density at radius 3 is 0.476 bits per heavy atom. The summed E-state index contributed by atoms with van der Waals surface area (Å²) in [6.07, 6.45) is 0. The molecule has 0 saturated heterocycles. The van der Waals surface area contributed by atoms with Gasteiger partial charge in [0.25, 0.3) is 0 Å². The highest BCUT2D eigenvalue weighted by molar-refractivity contribution is 6.12. The molecule has 0 nitrogen and oxygen atoms in total. The topological polar surface area (TPSA) is 0 Å². The minimum absolute atomic E-state index is 1.21. The predicted octanol–water partition coefficient (Wildman–Crippen LogP) is 10.5. The van der Waals surface area contributed by atoms with E-state index >= 15 is 0 Å². The molecule has 6 aromatic rings. The van der Waals surface area contributed by atoms with Gasteiger partial charge in [-0.2, -0.15) is 0 Å². The van der Waals surface area contributed by atoms with Gasteiger partial charge >= 0.3 is 0 Å². The molecule has 0 unspecified atom stereocenters.